The molecule has 0 saturated heterocycles. The van der Waals surface area contributed by atoms with Gasteiger partial charge in [-0.3, -0.25) is 0 Å². The summed E-state index contributed by atoms with van der Waals surface area (Å²) in [6.07, 6.45) is 0. The van der Waals surface area contributed by atoms with Crippen LogP contribution in [0.15, 0.2) is 146 Å². The molecule has 9 aromatic carbocycles. The molecule has 0 unspecified atom stereocenters. The van der Waals surface area contributed by atoms with E-state index in [1.54, 1.807) is 0 Å². The van der Waals surface area contributed by atoms with Crippen molar-refractivity contribution in [3.05, 3.63) is 190 Å². The molecule has 4 aromatic heterocycles. The van der Waals surface area contributed by atoms with Gasteiger partial charge >= 0.3 is 0 Å². The van der Waals surface area contributed by atoms with Crippen molar-refractivity contribution in [3.63, 3.8) is 0 Å². The van der Waals surface area contributed by atoms with E-state index < -0.39 is 0 Å². The molecule has 0 fully saturated rings. The minimum Gasteiger partial charge on any atom is -0.306 e. The van der Waals surface area contributed by atoms with Crippen LogP contribution >= 0.6 is 22.7 Å². The van der Waals surface area contributed by atoms with E-state index >= 15 is 0 Å². The maximum absolute atomic E-state index is 2.63. The summed E-state index contributed by atoms with van der Waals surface area (Å²) in [7, 11) is 0. The zero-order valence-corrected chi connectivity index (χ0v) is 40.2. The van der Waals surface area contributed by atoms with Crippen LogP contribution in [0.5, 0.6) is 0 Å². The van der Waals surface area contributed by atoms with E-state index in [0.717, 1.165) is 0 Å². The summed E-state index contributed by atoms with van der Waals surface area (Å²) in [5.41, 5.74) is 28.3. The summed E-state index contributed by atoms with van der Waals surface area (Å²) in [5.74, 6) is 0. The Labute approximate surface area is 392 Å². The van der Waals surface area contributed by atoms with Gasteiger partial charge in [0.1, 0.15) is 0 Å². The molecule has 0 spiro atoms. The highest BCUT2D eigenvalue weighted by Gasteiger charge is 2.27. The highest BCUT2D eigenvalue weighted by molar-refractivity contribution is 7.27. The summed E-state index contributed by atoms with van der Waals surface area (Å²) in [6.45, 7) is 18.0. The van der Waals surface area contributed by atoms with Crippen molar-refractivity contribution < 1.29 is 0 Å². The second-order valence-electron chi connectivity index (χ2n) is 18.9. The lowest BCUT2D eigenvalue weighted by atomic mass is 9.94. The Morgan fingerprint density at radius 1 is 0.303 bits per heavy atom. The molecule has 0 aliphatic rings. The van der Waals surface area contributed by atoms with E-state index in [1.165, 1.54) is 162 Å². The lowest BCUT2D eigenvalue weighted by Crippen LogP contribution is -1.93. The van der Waals surface area contributed by atoms with Gasteiger partial charge in [-0.05, 0) is 193 Å². The average Bonchev–Trinajstić information content (AvgIpc) is 3.82. The van der Waals surface area contributed by atoms with Crippen molar-refractivity contribution >= 4 is 96.1 Å². The van der Waals surface area contributed by atoms with Crippen molar-refractivity contribution in [3.8, 4) is 44.5 Å². The summed E-state index contributed by atoms with van der Waals surface area (Å²) in [6, 6.07) is 55.7. The Bertz CT molecular complexity index is 3900. The Balaban J connectivity index is 1.27. The van der Waals surface area contributed by atoms with Crippen molar-refractivity contribution in [2.75, 3.05) is 0 Å². The van der Waals surface area contributed by atoms with Gasteiger partial charge in [0, 0.05) is 21.5 Å². The van der Waals surface area contributed by atoms with Crippen molar-refractivity contribution in [1.82, 2.24) is 8.80 Å². The van der Waals surface area contributed by atoms with E-state index in [-0.39, 0.29) is 0 Å². The van der Waals surface area contributed by atoms with Gasteiger partial charge in [0.05, 0.1) is 51.9 Å². The van der Waals surface area contributed by atoms with Gasteiger partial charge < -0.3 is 8.80 Å². The second kappa shape index (κ2) is 14.3. The molecule has 13 rings (SSSR count). The lowest BCUT2D eigenvalue weighted by Gasteiger charge is -2.15. The maximum Gasteiger partial charge on any atom is 0.0736 e. The molecular weight excluding hydrogens is 837 g/mol. The fraction of sp³-hybridized carbons (Fsp3) is 0.129. The molecule has 4 heteroatoms. The number of hydrogen-bond donors (Lipinski definition) is 0. The number of aryl methyl sites for hydroxylation is 8. The van der Waals surface area contributed by atoms with Gasteiger partial charge in [0.2, 0.25) is 0 Å². The predicted molar refractivity (Wildman–Crippen MR) is 289 cm³/mol. The number of nitrogens with zero attached hydrogens (tertiary/aromatic N) is 2. The normalized spacial score (nSPS) is 12.2. The molecule has 0 saturated carbocycles. The largest absolute Gasteiger partial charge is 0.306 e. The molecule has 13 aromatic rings. The Kier molecular flexibility index (Phi) is 8.51. The highest BCUT2D eigenvalue weighted by atomic mass is 32.1. The van der Waals surface area contributed by atoms with Crippen LogP contribution in [-0.4, -0.2) is 8.80 Å². The zero-order valence-electron chi connectivity index (χ0n) is 38.6. The fourth-order valence-electron chi connectivity index (χ4n) is 11.9. The molecule has 0 atom stereocenters. The summed E-state index contributed by atoms with van der Waals surface area (Å²) >= 11 is 3.92. The SMILES string of the molecule is Cc1cccc(C)c1-c1ccc2c(c1)c1c3sc4ccc(-c5c(C)cccc5C)cc4n4c5ccc(-c6c(C)cccc6C)cc5c(c5sc6ccc(-c7c(C)cccc7C)cc6n2c51)c34. The first-order chi connectivity index (χ1) is 32.0. The molecule has 0 bridgehead atoms. The third-order valence-corrected chi connectivity index (χ3v) is 17.1. The average molecular weight is 885 g/mol. The van der Waals surface area contributed by atoms with Crippen molar-refractivity contribution in [2.24, 2.45) is 0 Å². The molecule has 0 aliphatic heterocycles. The third-order valence-electron chi connectivity index (χ3n) is 14.7. The van der Waals surface area contributed by atoms with E-state index in [4.69, 9.17) is 0 Å². The van der Waals surface area contributed by atoms with Crippen molar-refractivity contribution in [1.29, 1.82) is 0 Å². The first kappa shape index (κ1) is 39.4. The topological polar surface area (TPSA) is 8.82 Å². The number of fused-ring (bicyclic) bond motifs is 12. The van der Waals surface area contributed by atoms with Crippen LogP contribution in [0.4, 0.5) is 0 Å². The molecule has 0 amide bonds. The molecule has 4 heterocycles. The number of aromatic nitrogens is 2. The highest BCUT2D eigenvalue weighted by Crippen LogP contribution is 2.52. The molecule has 2 nitrogen and oxygen atoms in total. The number of benzene rings is 9. The molecule has 0 N–H and O–H groups in total. The van der Waals surface area contributed by atoms with Crippen molar-refractivity contribution in [2.45, 2.75) is 55.4 Å². The lowest BCUT2D eigenvalue weighted by molar-refractivity contribution is 1.34. The standard InChI is InChI=1S/C62H48N2S2/c1-33-13-9-14-34(2)53(33)41-21-25-47-45(29-41)57-59-62(66-51-27-23-43(31-49(51)63(47)59)55-37(5)17-11-18-38(55)6)58-46-30-42(54-35(3)15-10-16-36(54)4)22-26-48(46)64-50-32-44(56-39(7)19-12-20-40(56)8)24-28-52(50)65-61(57)60(58)64/h9-32H,1-8H3. The number of hydrogen-bond acceptors (Lipinski definition) is 2. The van der Waals surface area contributed by atoms with E-state index in [2.05, 4.69) is 210 Å². The Morgan fingerprint density at radius 3 is 0.909 bits per heavy atom. The van der Waals surface area contributed by atoms with Gasteiger partial charge in [-0.1, -0.05) is 97.1 Å². The zero-order chi connectivity index (χ0) is 44.9. The maximum atomic E-state index is 2.63. The van der Waals surface area contributed by atoms with Gasteiger partial charge in [0.25, 0.3) is 0 Å². The quantitative estimate of drug-likeness (QED) is 0.156. The van der Waals surface area contributed by atoms with Crippen LogP contribution < -0.4 is 0 Å². The van der Waals surface area contributed by atoms with E-state index in [0.29, 0.717) is 0 Å². The minimum atomic E-state index is 1.24. The second-order valence-corrected chi connectivity index (χ2v) is 21.0. The minimum absolute atomic E-state index is 1.24. The summed E-state index contributed by atoms with van der Waals surface area (Å²) < 4.78 is 10.5. The van der Waals surface area contributed by atoms with Crippen LogP contribution in [0.25, 0.3) is 118 Å². The Hall–Kier alpha value is -6.98. The fourth-order valence-corrected chi connectivity index (χ4v) is 14.3. The van der Waals surface area contributed by atoms with Gasteiger partial charge in [-0.2, -0.15) is 0 Å². The summed E-state index contributed by atoms with van der Waals surface area (Å²) in [4.78, 5) is 0. The van der Waals surface area contributed by atoms with Crippen LogP contribution in [-0.2, 0) is 0 Å². The van der Waals surface area contributed by atoms with E-state index in [9.17, 15) is 0 Å². The first-order valence-corrected chi connectivity index (χ1v) is 24.7. The van der Waals surface area contributed by atoms with Gasteiger partial charge in [0.15, 0.2) is 0 Å². The van der Waals surface area contributed by atoms with Crippen LogP contribution in [0.2, 0.25) is 0 Å². The number of rotatable bonds is 4. The molecule has 0 radical (unpaired) electrons. The Morgan fingerprint density at radius 2 is 0.591 bits per heavy atom. The molecular formula is C62H48N2S2. The smallest absolute Gasteiger partial charge is 0.0736 e. The van der Waals surface area contributed by atoms with Gasteiger partial charge in [-0.15, -0.1) is 22.7 Å². The van der Waals surface area contributed by atoms with Gasteiger partial charge in [-0.25, -0.2) is 0 Å². The van der Waals surface area contributed by atoms with Crippen LogP contribution in [0.3, 0.4) is 0 Å². The van der Waals surface area contributed by atoms with Crippen LogP contribution in [0, 0.1) is 55.4 Å². The van der Waals surface area contributed by atoms with Crippen LogP contribution in [0.1, 0.15) is 44.5 Å². The molecule has 0 aliphatic carbocycles. The predicted octanol–water partition coefficient (Wildman–Crippen LogP) is 18.4. The molecule has 318 valence electrons. The monoisotopic (exact) mass is 884 g/mol. The van der Waals surface area contributed by atoms with E-state index in [1.807, 2.05) is 22.7 Å². The third kappa shape index (κ3) is 5.46. The summed E-state index contributed by atoms with van der Waals surface area (Å²) in [5, 5.41) is 5.27. The molecule has 66 heavy (non-hydrogen) atoms. The first-order valence-electron chi connectivity index (χ1n) is 23.1.